The minimum absolute atomic E-state index is 0.0366. The predicted molar refractivity (Wildman–Crippen MR) is 96.6 cm³/mol. The molecule has 2 aromatic rings. The molecule has 6 heteroatoms. The highest BCUT2D eigenvalue weighted by Crippen LogP contribution is 2.19. The Labute approximate surface area is 152 Å². The van der Waals surface area contributed by atoms with Gasteiger partial charge in [-0.15, -0.1) is 0 Å². The third kappa shape index (κ3) is 4.57. The van der Waals surface area contributed by atoms with Gasteiger partial charge in [0.15, 0.2) is 0 Å². The number of rotatable bonds is 4. The summed E-state index contributed by atoms with van der Waals surface area (Å²) >= 11 is 5.86. The molecule has 1 fully saturated rings. The predicted octanol–water partition coefficient (Wildman–Crippen LogP) is 3.02. The van der Waals surface area contributed by atoms with Crippen molar-refractivity contribution >= 4 is 23.4 Å². The maximum absolute atomic E-state index is 12.5. The Bertz CT molecular complexity index is 726. The highest BCUT2D eigenvalue weighted by molar-refractivity contribution is 6.30. The Balaban J connectivity index is 1.46. The number of carbonyl (C=O) groups excluding carboxylic acids is 2. The van der Waals surface area contributed by atoms with Crippen molar-refractivity contribution in [3.05, 3.63) is 64.9 Å². The number of hydrogen-bond acceptors (Lipinski definition) is 3. The van der Waals surface area contributed by atoms with Gasteiger partial charge in [0.1, 0.15) is 0 Å². The molecule has 1 aliphatic rings. The number of nitrogens with zero attached hydrogens (tertiary/aromatic N) is 2. The Hall–Kier alpha value is -2.40. The standard InChI is InChI=1S/C19H20ClN3O2/c20-17-5-3-15(4-6-17)19(25)23-10-7-14(8-11-23)12-22-18(24)16-2-1-9-21-13-16/h1-6,9,13-14H,7-8,10-12H2,(H,22,24). The van der Waals surface area contributed by atoms with E-state index in [1.807, 2.05) is 4.90 Å². The fourth-order valence-corrected chi connectivity index (χ4v) is 3.08. The van der Waals surface area contributed by atoms with Gasteiger partial charge in [-0.05, 0) is 55.2 Å². The first-order chi connectivity index (χ1) is 12.1. The number of hydrogen-bond donors (Lipinski definition) is 1. The van der Waals surface area contributed by atoms with Crippen LogP contribution in [-0.2, 0) is 0 Å². The van der Waals surface area contributed by atoms with Crippen molar-refractivity contribution in [1.29, 1.82) is 0 Å². The van der Waals surface area contributed by atoms with Crippen LogP contribution >= 0.6 is 11.6 Å². The van der Waals surface area contributed by atoms with Crippen LogP contribution in [0.25, 0.3) is 0 Å². The summed E-state index contributed by atoms with van der Waals surface area (Å²) in [7, 11) is 0. The SMILES string of the molecule is O=C(NCC1CCN(C(=O)c2ccc(Cl)cc2)CC1)c1cccnc1. The minimum Gasteiger partial charge on any atom is -0.352 e. The lowest BCUT2D eigenvalue weighted by molar-refractivity contribution is 0.0684. The first-order valence-corrected chi connectivity index (χ1v) is 8.74. The molecule has 0 saturated carbocycles. The van der Waals surface area contributed by atoms with E-state index in [0.717, 1.165) is 12.8 Å². The summed E-state index contributed by atoms with van der Waals surface area (Å²) in [5.74, 6) is 0.317. The highest BCUT2D eigenvalue weighted by Gasteiger charge is 2.24. The van der Waals surface area contributed by atoms with Crippen molar-refractivity contribution in [3.8, 4) is 0 Å². The molecule has 1 saturated heterocycles. The van der Waals surface area contributed by atoms with Crippen LogP contribution in [0.15, 0.2) is 48.8 Å². The fraction of sp³-hybridized carbons (Fsp3) is 0.316. The highest BCUT2D eigenvalue weighted by atomic mass is 35.5. The van der Waals surface area contributed by atoms with Crippen molar-refractivity contribution < 1.29 is 9.59 Å². The largest absolute Gasteiger partial charge is 0.352 e. The van der Waals surface area contributed by atoms with Crippen molar-refractivity contribution in [3.63, 3.8) is 0 Å². The third-order valence-electron chi connectivity index (χ3n) is 4.47. The number of amides is 2. The lowest BCUT2D eigenvalue weighted by atomic mass is 9.96. The van der Waals surface area contributed by atoms with Crippen LogP contribution in [0.1, 0.15) is 33.6 Å². The van der Waals surface area contributed by atoms with E-state index in [0.29, 0.717) is 41.7 Å². The van der Waals surface area contributed by atoms with Crippen LogP contribution in [-0.4, -0.2) is 41.3 Å². The first-order valence-electron chi connectivity index (χ1n) is 8.36. The molecule has 5 nitrogen and oxygen atoms in total. The lowest BCUT2D eigenvalue weighted by Gasteiger charge is -2.32. The molecule has 2 heterocycles. The molecule has 25 heavy (non-hydrogen) atoms. The van der Waals surface area contributed by atoms with Gasteiger partial charge in [-0.3, -0.25) is 14.6 Å². The van der Waals surface area contributed by atoms with Gasteiger partial charge in [-0.2, -0.15) is 0 Å². The number of halogens is 1. The quantitative estimate of drug-likeness (QED) is 0.914. The number of likely N-dealkylation sites (tertiary alicyclic amines) is 1. The average molecular weight is 358 g/mol. The van der Waals surface area contributed by atoms with Crippen molar-refractivity contribution in [2.45, 2.75) is 12.8 Å². The second-order valence-corrected chi connectivity index (χ2v) is 6.63. The normalized spacial score (nSPS) is 15.0. The summed E-state index contributed by atoms with van der Waals surface area (Å²) in [6.07, 6.45) is 4.96. The molecule has 0 aliphatic carbocycles. The van der Waals surface area contributed by atoms with E-state index in [9.17, 15) is 9.59 Å². The molecular weight excluding hydrogens is 338 g/mol. The van der Waals surface area contributed by atoms with E-state index in [4.69, 9.17) is 11.6 Å². The molecule has 130 valence electrons. The summed E-state index contributed by atoms with van der Waals surface area (Å²) in [4.78, 5) is 30.3. The smallest absolute Gasteiger partial charge is 0.253 e. The van der Waals surface area contributed by atoms with E-state index < -0.39 is 0 Å². The number of nitrogens with one attached hydrogen (secondary N) is 1. The zero-order valence-corrected chi connectivity index (χ0v) is 14.6. The first kappa shape index (κ1) is 17.4. The summed E-state index contributed by atoms with van der Waals surface area (Å²) in [5.41, 5.74) is 1.23. The number of pyridine rings is 1. The number of aromatic nitrogens is 1. The van der Waals surface area contributed by atoms with Gasteiger partial charge < -0.3 is 10.2 Å². The Morgan fingerprint density at radius 2 is 1.84 bits per heavy atom. The van der Waals surface area contributed by atoms with Crippen LogP contribution in [0.4, 0.5) is 0 Å². The molecule has 3 rings (SSSR count). The summed E-state index contributed by atoms with van der Waals surface area (Å²) in [5, 5.41) is 3.58. The van der Waals surface area contributed by atoms with E-state index in [-0.39, 0.29) is 11.8 Å². The monoisotopic (exact) mass is 357 g/mol. The van der Waals surface area contributed by atoms with Crippen LogP contribution < -0.4 is 5.32 Å². The Morgan fingerprint density at radius 1 is 1.12 bits per heavy atom. The Kier molecular flexibility index (Phi) is 5.66. The van der Waals surface area contributed by atoms with Gasteiger partial charge >= 0.3 is 0 Å². The molecule has 0 radical (unpaired) electrons. The van der Waals surface area contributed by atoms with Gasteiger partial charge in [-0.25, -0.2) is 0 Å². The van der Waals surface area contributed by atoms with Crippen LogP contribution in [0.3, 0.4) is 0 Å². The summed E-state index contributed by atoms with van der Waals surface area (Å²) < 4.78 is 0. The molecule has 2 amide bonds. The molecule has 1 aromatic heterocycles. The molecule has 1 aromatic carbocycles. The molecule has 0 unspecified atom stereocenters. The summed E-state index contributed by atoms with van der Waals surface area (Å²) in [6.45, 7) is 2.03. The average Bonchev–Trinajstić information content (AvgIpc) is 2.67. The van der Waals surface area contributed by atoms with E-state index in [1.165, 1.54) is 0 Å². The van der Waals surface area contributed by atoms with Gasteiger partial charge in [0, 0.05) is 42.6 Å². The number of piperidine rings is 1. The Morgan fingerprint density at radius 3 is 2.48 bits per heavy atom. The van der Waals surface area contributed by atoms with Crippen LogP contribution in [0.2, 0.25) is 5.02 Å². The molecule has 1 aliphatic heterocycles. The van der Waals surface area contributed by atoms with E-state index in [2.05, 4.69) is 10.3 Å². The van der Waals surface area contributed by atoms with Gasteiger partial charge in [-0.1, -0.05) is 11.6 Å². The zero-order valence-electron chi connectivity index (χ0n) is 13.8. The zero-order chi connectivity index (χ0) is 17.6. The van der Waals surface area contributed by atoms with Gasteiger partial charge in [0.25, 0.3) is 11.8 Å². The maximum atomic E-state index is 12.5. The third-order valence-corrected chi connectivity index (χ3v) is 4.72. The van der Waals surface area contributed by atoms with Crippen molar-refractivity contribution in [1.82, 2.24) is 15.2 Å². The van der Waals surface area contributed by atoms with Gasteiger partial charge in [0.05, 0.1) is 5.56 Å². The van der Waals surface area contributed by atoms with E-state index in [1.54, 1.807) is 48.8 Å². The van der Waals surface area contributed by atoms with Crippen molar-refractivity contribution in [2.75, 3.05) is 19.6 Å². The topological polar surface area (TPSA) is 62.3 Å². The molecular formula is C19H20ClN3O2. The summed E-state index contributed by atoms with van der Waals surface area (Å²) in [6, 6.07) is 10.5. The molecule has 1 N–H and O–H groups in total. The number of benzene rings is 1. The number of carbonyl (C=O) groups is 2. The van der Waals surface area contributed by atoms with E-state index >= 15 is 0 Å². The second kappa shape index (κ2) is 8.12. The fourth-order valence-electron chi connectivity index (χ4n) is 2.95. The second-order valence-electron chi connectivity index (χ2n) is 6.19. The minimum atomic E-state index is -0.104. The van der Waals surface area contributed by atoms with Gasteiger partial charge in [0.2, 0.25) is 0 Å². The molecule has 0 spiro atoms. The van der Waals surface area contributed by atoms with Crippen molar-refractivity contribution in [2.24, 2.45) is 5.92 Å². The van der Waals surface area contributed by atoms with Crippen LogP contribution in [0.5, 0.6) is 0 Å². The van der Waals surface area contributed by atoms with Crippen LogP contribution in [0, 0.1) is 5.92 Å². The maximum Gasteiger partial charge on any atom is 0.253 e. The lowest BCUT2D eigenvalue weighted by Crippen LogP contribution is -2.41. The molecule has 0 bridgehead atoms. The molecule has 0 atom stereocenters.